The van der Waals surface area contributed by atoms with Gasteiger partial charge in [0.05, 0.1) is 18.0 Å². The third kappa shape index (κ3) is 5.27. The predicted molar refractivity (Wildman–Crippen MR) is 134 cm³/mol. The molecule has 32 heavy (non-hydrogen) atoms. The van der Waals surface area contributed by atoms with Crippen LogP contribution < -0.4 is 10.1 Å². The first-order valence-electron chi connectivity index (χ1n) is 10.1. The Labute approximate surface area is 200 Å². The minimum Gasteiger partial charge on any atom is -0.492 e. The van der Waals surface area contributed by atoms with Crippen LogP contribution in [0.25, 0.3) is 5.69 Å². The molecule has 0 aliphatic heterocycles. The molecular formula is C24H21N3O2S3. The van der Waals surface area contributed by atoms with Gasteiger partial charge < -0.3 is 10.1 Å². The lowest BCUT2D eigenvalue weighted by Gasteiger charge is -2.17. The molecule has 1 atom stereocenters. The van der Waals surface area contributed by atoms with Gasteiger partial charge in [-0.15, -0.1) is 5.10 Å². The van der Waals surface area contributed by atoms with E-state index in [0.29, 0.717) is 22.0 Å². The van der Waals surface area contributed by atoms with Crippen LogP contribution in [0.3, 0.4) is 0 Å². The van der Waals surface area contributed by atoms with E-state index >= 15 is 0 Å². The first-order valence-corrected chi connectivity index (χ1v) is 12.2. The van der Waals surface area contributed by atoms with E-state index in [1.807, 2.05) is 91.9 Å². The van der Waals surface area contributed by atoms with Crippen LogP contribution in [0.5, 0.6) is 5.75 Å². The summed E-state index contributed by atoms with van der Waals surface area (Å²) < 4.78 is 8.74. The van der Waals surface area contributed by atoms with Crippen molar-refractivity contribution in [2.24, 2.45) is 0 Å². The van der Waals surface area contributed by atoms with E-state index in [-0.39, 0.29) is 5.91 Å². The van der Waals surface area contributed by atoms with Gasteiger partial charge in [-0.3, -0.25) is 4.79 Å². The molecule has 0 aliphatic carbocycles. The Bertz CT molecular complexity index is 1240. The molecular weight excluding hydrogens is 458 g/mol. The normalized spacial score (nSPS) is 11.7. The Morgan fingerprint density at radius 3 is 2.44 bits per heavy atom. The van der Waals surface area contributed by atoms with Crippen molar-refractivity contribution in [3.8, 4) is 11.4 Å². The number of thioether (sulfide) groups is 1. The highest BCUT2D eigenvalue weighted by atomic mass is 32.2. The van der Waals surface area contributed by atoms with Crippen LogP contribution >= 0.6 is 35.3 Å². The quantitative estimate of drug-likeness (QED) is 0.230. The van der Waals surface area contributed by atoms with Crippen LogP contribution in [-0.2, 0) is 4.79 Å². The van der Waals surface area contributed by atoms with E-state index in [1.165, 1.54) is 23.1 Å². The van der Waals surface area contributed by atoms with Gasteiger partial charge in [0.25, 0.3) is 0 Å². The average Bonchev–Trinajstić information content (AvgIpc) is 3.20. The van der Waals surface area contributed by atoms with Crippen molar-refractivity contribution in [3.05, 3.63) is 94.4 Å². The standard InChI is InChI=1S/C24H21N3O2S3/c1-2-29-20-16-10-9-15-19(20)25-22(28)21(17-11-5-3-6-12-17)31-23-26-27(24(30)32-23)18-13-7-4-8-14-18/h3-16,21H,2H2,1H3,(H,25,28). The number of benzene rings is 3. The lowest BCUT2D eigenvalue weighted by atomic mass is 10.1. The largest absolute Gasteiger partial charge is 0.492 e. The van der Waals surface area contributed by atoms with Crippen molar-refractivity contribution < 1.29 is 9.53 Å². The van der Waals surface area contributed by atoms with E-state index in [1.54, 1.807) is 4.68 Å². The zero-order chi connectivity index (χ0) is 22.3. The number of para-hydroxylation sites is 3. The second-order valence-corrected chi connectivity index (χ2v) is 9.68. The first kappa shape index (κ1) is 22.3. The second kappa shape index (κ2) is 10.6. The monoisotopic (exact) mass is 479 g/mol. The van der Waals surface area contributed by atoms with Gasteiger partial charge in [0.1, 0.15) is 11.0 Å². The molecule has 4 aromatic rings. The molecule has 162 valence electrons. The Kier molecular flexibility index (Phi) is 7.36. The highest BCUT2D eigenvalue weighted by Gasteiger charge is 2.25. The summed E-state index contributed by atoms with van der Waals surface area (Å²) in [6.07, 6.45) is 0. The van der Waals surface area contributed by atoms with Crippen LogP contribution in [0.1, 0.15) is 17.7 Å². The first-order chi connectivity index (χ1) is 15.7. The van der Waals surface area contributed by atoms with Crippen molar-refractivity contribution in [3.63, 3.8) is 0 Å². The minimum absolute atomic E-state index is 0.152. The van der Waals surface area contributed by atoms with Gasteiger partial charge >= 0.3 is 0 Å². The predicted octanol–water partition coefficient (Wildman–Crippen LogP) is 6.53. The minimum atomic E-state index is -0.504. The molecule has 8 heteroatoms. The fourth-order valence-electron chi connectivity index (χ4n) is 3.09. The molecule has 1 heterocycles. The summed E-state index contributed by atoms with van der Waals surface area (Å²) in [5.41, 5.74) is 2.42. The Balaban J connectivity index is 1.63. The van der Waals surface area contributed by atoms with Crippen molar-refractivity contribution >= 4 is 46.9 Å². The summed E-state index contributed by atoms with van der Waals surface area (Å²) in [5, 5.41) is 7.19. The van der Waals surface area contributed by atoms with Gasteiger partial charge in [-0.05, 0) is 49.0 Å². The van der Waals surface area contributed by atoms with Crippen molar-refractivity contribution in [2.45, 2.75) is 16.5 Å². The van der Waals surface area contributed by atoms with E-state index in [9.17, 15) is 4.79 Å². The third-order valence-corrected chi connectivity index (χ3v) is 7.10. The molecule has 1 aromatic heterocycles. The van der Waals surface area contributed by atoms with Crippen molar-refractivity contribution in [1.82, 2.24) is 9.78 Å². The highest BCUT2D eigenvalue weighted by Crippen LogP contribution is 2.38. The molecule has 0 aliphatic rings. The maximum Gasteiger partial charge on any atom is 0.242 e. The van der Waals surface area contributed by atoms with Gasteiger partial charge in [0.15, 0.2) is 8.29 Å². The number of carbonyl (C=O) groups is 1. The summed E-state index contributed by atoms with van der Waals surface area (Å²) in [4.78, 5) is 13.4. The van der Waals surface area contributed by atoms with Gasteiger partial charge in [0, 0.05) is 0 Å². The lowest BCUT2D eigenvalue weighted by molar-refractivity contribution is -0.115. The Hall–Kier alpha value is -2.94. The molecule has 1 N–H and O–H groups in total. The van der Waals surface area contributed by atoms with Gasteiger partial charge in [-0.2, -0.15) is 0 Å². The Morgan fingerprint density at radius 1 is 1.06 bits per heavy atom. The van der Waals surface area contributed by atoms with Gasteiger partial charge in [-0.1, -0.05) is 83.8 Å². The maximum absolute atomic E-state index is 13.4. The number of ether oxygens (including phenoxy) is 1. The fourth-order valence-corrected chi connectivity index (χ4v) is 5.65. The van der Waals surface area contributed by atoms with E-state index in [4.69, 9.17) is 17.0 Å². The number of hydrogen-bond acceptors (Lipinski definition) is 6. The highest BCUT2D eigenvalue weighted by molar-refractivity contribution is 8.02. The van der Waals surface area contributed by atoms with Crippen LogP contribution in [-0.4, -0.2) is 22.3 Å². The summed E-state index contributed by atoms with van der Waals surface area (Å²) >= 11 is 8.31. The molecule has 1 amide bonds. The zero-order valence-electron chi connectivity index (χ0n) is 17.3. The number of nitrogens with zero attached hydrogens (tertiary/aromatic N) is 2. The number of anilines is 1. The number of rotatable bonds is 8. The zero-order valence-corrected chi connectivity index (χ0v) is 19.8. The van der Waals surface area contributed by atoms with Gasteiger partial charge in [0.2, 0.25) is 5.91 Å². The smallest absolute Gasteiger partial charge is 0.242 e. The fraction of sp³-hybridized carbons (Fsp3) is 0.125. The van der Waals surface area contributed by atoms with Crippen molar-refractivity contribution in [1.29, 1.82) is 0 Å². The molecule has 0 bridgehead atoms. The number of amides is 1. The molecule has 4 rings (SSSR count). The third-order valence-electron chi connectivity index (χ3n) is 4.53. The SMILES string of the molecule is CCOc1ccccc1NC(=O)C(Sc1nn(-c2ccccc2)c(=S)s1)c1ccccc1. The molecule has 0 saturated carbocycles. The molecule has 0 fully saturated rings. The number of carbonyl (C=O) groups excluding carboxylic acids is 1. The van der Waals surface area contributed by atoms with E-state index in [2.05, 4.69) is 10.4 Å². The summed E-state index contributed by atoms with van der Waals surface area (Å²) in [6.45, 7) is 2.43. The van der Waals surface area contributed by atoms with Crippen LogP contribution in [0.4, 0.5) is 5.69 Å². The van der Waals surface area contributed by atoms with Crippen LogP contribution in [0.15, 0.2) is 89.3 Å². The summed E-state index contributed by atoms with van der Waals surface area (Å²) in [5.74, 6) is 0.491. The van der Waals surface area contributed by atoms with Crippen LogP contribution in [0.2, 0.25) is 0 Å². The van der Waals surface area contributed by atoms with Crippen LogP contribution in [0, 0.1) is 3.95 Å². The van der Waals surface area contributed by atoms with Gasteiger partial charge in [-0.25, -0.2) is 4.68 Å². The lowest BCUT2D eigenvalue weighted by Crippen LogP contribution is -2.19. The number of nitrogens with one attached hydrogen (secondary N) is 1. The van der Waals surface area contributed by atoms with Crippen molar-refractivity contribution in [2.75, 3.05) is 11.9 Å². The molecule has 0 saturated heterocycles. The summed E-state index contributed by atoms with van der Waals surface area (Å²) in [7, 11) is 0. The summed E-state index contributed by atoms with van der Waals surface area (Å²) in [6, 6.07) is 26.8. The molecule has 3 aromatic carbocycles. The Morgan fingerprint density at radius 2 is 1.72 bits per heavy atom. The molecule has 0 radical (unpaired) electrons. The maximum atomic E-state index is 13.4. The van der Waals surface area contributed by atoms with E-state index in [0.717, 1.165) is 15.6 Å². The van der Waals surface area contributed by atoms with E-state index < -0.39 is 5.25 Å². The number of aromatic nitrogens is 2. The molecule has 0 spiro atoms. The topological polar surface area (TPSA) is 56.1 Å². The molecule has 1 unspecified atom stereocenters. The average molecular weight is 480 g/mol. The molecule has 5 nitrogen and oxygen atoms in total. The number of hydrogen-bond donors (Lipinski definition) is 1. The second-order valence-electron chi connectivity index (χ2n) is 6.71.